The molecule has 4 aliphatic carbocycles. The van der Waals surface area contributed by atoms with Crippen LogP contribution >= 0.6 is 0 Å². The first-order valence-electron chi connectivity index (χ1n) is 8.08. The fourth-order valence-electron chi connectivity index (χ4n) is 5.27. The highest BCUT2D eigenvalue weighted by molar-refractivity contribution is 5.76. The Bertz CT molecular complexity index is 411. The van der Waals surface area contributed by atoms with Gasteiger partial charge in [-0.1, -0.05) is 0 Å². The summed E-state index contributed by atoms with van der Waals surface area (Å²) < 4.78 is 0. The Balaban J connectivity index is 1.58. The Labute approximate surface area is 122 Å². The van der Waals surface area contributed by atoms with Crippen LogP contribution in [0.5, 0.6) is 0 Å². The molecule has 1 N–H and O–H groups in total. The number of rotatable bonds is 4. The standard InChI is InChI=1S/C17H26N2O/c1-16(2,10-18)11-19-15(20)9-17-6-12-3-13(7-17)5-14(4-12)8-17/h12-14H,3-9,11H2,1-2H3,(H,19,20). The van der Waals surface area contributed by atoms with Crippen molar-refractivity contribution in [1.82, 2.24) is 5.32 Å². The van der Waals surface area contributed by atoms with Gasteiger partial charge in [0.25, 0.3) is 0 Å². The molecule has 0 aromatic carbocycles. The lowest BCUT2D eigenvalue weighted by Crippen LogP contribution is -2.48. The molecule has 4 saturated carbocycles. The van der Waals surface area contributed by atoms with Crippen molar-refractivity contribution in [3.63, 3.8) is 0 Å². The summed E-state index contributed by atoms with van der Waals surface area (Å²) in [6.45, 7) is 4.21. The molecule has 20 heavy (non-hydrogen) atoms. The Kier molecular flexibility index (Phi) is 3.31. The van der Waals surface area contributed by atoms with E-state index < -0.39 is 5.41 Å². The van der Waals surface area contributed by atoms with Crippen molar-refractivity contribution in [2.75, 3.05) is 6.54 Å². The highest BCUT2D eigenvalue weighted by Crippen LogP contribution is 2.61. The van der Waals surface area contributed by atoms with Crippen LogP contribution in [0.1, 0.15) is 58.8 Å². The Hall–Kier alpha value is -1.04. The largest absolute Gasteiger partial charge is 0.355 e. The van der Waals surface area contributed by atoms with Gasteiger partial charge in [-0.25, -0.2) is 0 Å². The molecule has 0 atom stereocenters. The average molecular weight is 274 g/mol. The monoisotopic (exact) mass is 274 g/mol. The molecule has 4 bridgehead atoms. The maximum Gasteiger partial charge on any atom is 0.220 e. The number of nitriles is 1. The Morgan fingerprint density at radius 1 is 1.20 bits per heavy atom. The second-order valence-corrected chi connectivity index (χ2v) is 8.37. The van der Waals surface area contributed by atoms with Crippen LogP contribution in [-0.4, -0.2) is 12.5 Å². The van der Waals surface area contributed by atoms with E-state index in [1.807, 2.05) is 13.8 Å². The lowest BCUT2D eigenvalue weighted by atomic mass is 9.49. The number of amides is 1. The first-order chi connectivity index (χ1) is 9.40. The van der Waals surface area contributed by atoms with Crippen molar-refractivity contribution >= 4 is 5.91 Å². The molecule has 3 nitrogen and oxygen atoms in total. The molecule has 0 saturated heterocycles. The molecule has 110 valence electrons. The molecular weight excluding hydrogens is 248 g/mol. The van der Waals surface area contributed by atoms with Gasteiger partial charge in [-0.2, -0.15) is 5.26 Å². The summed E-state index contributed by atoms with van der Waals surface area (Å²) in [5.41, 5.74) is -0.160. The number of nitrogens with zero attached hydrogens (tertiary/aromatic N) is 1. The molecule has 4 fully saturated rings. The number of carbonyl (C=O) groups is 1. The molecule has 0 radical (unpaired) electrons. The molecule has 0 spiro atoms. The summed E-state index contributed by atoms with van der Waals surface area (Å²) in [6, 6.07) is 2.24. The second kappa shape index (κ2) is 4.76. The fourth-order valence-corrected chi connectivity index (χ4v) is 5.27. The topological polar surface area (TPSA) is 52.9 Å². The minimum Gasteiger partial charge on any atom is -0.355 e. The lowest BCUT2D eigenvalue weighted by molar-refractivity contribution is -0.129. The van der Waals surface area contributed by atoms with Gasteiger partial charge in [-0.05, 0) is 75.5 Å². The zero-order valence-corrected chi connectivity index (χ0v) is 12.7. The van der Waals surface area contributed by atoms with E-state index in [4.69, 9.17) is 5.26 Å². The van der Waals surface area contributed by atoms with E-state index in [1.165, 1.54) is 38.5 Å². The van der Waals surface area contributed by atoms with E-state index in [0.717, 1.165) is 17.8 Å². The third kappa shape index (κ3) is 2.71. The van der Waals surface area contributed by atoms with Gasteiger partial charge < -0.3 is 5.32 Å². The first kappa shape index (κ1) is 13.9. The van der Waals surface area contributed by atoms with Gasteiger partial charge in [0, 0.05) is 13.0 Å². The van der Waals surface area contributed by atoms with Gasteiger partial charge in [0.05, 0.1) is 11.5 Å². The predicted molar refractivity (Wildman–Crippen MR) is 77.6 cm³/mol. The van der Waals surface area contributed by atoms with E-state index in [0.29, 0.717) is 18.4 Å². The SMILES string of the molecule is CC(C)(C#N)CNC(=O)CC12CC3CC(CC(C3)C1)C2. The van der Waals surface area contributed by atoms with E-state index in [9.17, 15) is 4.79 Å². The number of carbonyl (C=O) groups excluding carboxylic acids is 1. The third-order valence-electron chi connectivity index (χ3n) is 5.73. The minimum absolute atomic E-state index is 0.162. The smallest absolute Gasteiger partial charge is 0.220 e. The summed E-state index contributed by atoms with van der Waals surface area (Å²) in [5.74, 6) is 2.84. The molecule has 3 heteroatoms. The van der Waals surface area contributed by atoms with Gasteiger partial charge in [0.15, 0.2) is 0 Å². The van der Waals surface area contributed by atoms with E-state index in [2.05, 4.69) is 11.4 Å². The van der Waals surface area contributed by atoms with Gasteiger partial charge >= 0.3 is 0 Å². The molecule has 0 aromatic heterocycles. The van der Waals surface area contributed by atoms with Crippen LogP contribution < -0.4 is 5.32 Å². The van der Waals surface area contributed by atoms with E-state index in [1.54, 1.807) is 0 Å². The van der Waals surface area contributed by atoms with Gasteiger partial charge in [0.2, 0.25) is 5.91 Å². The van der Waals surface area contributed by atoms with Crippen molar-refractivity contribution in [1.29, 1.82) is 5.26 Å². The molecular formula is C17H26N2O. The number of nitrogens with one attached hydrogen (secondary N) is 1. The van der Waals surface area contributed by atoms with Gasteiger partial charge in [0.1, 0.15) is 0 Å². The Morgan fingerprint density at radius 2 is 1.70 bits per heavy atom. The summed E-state index contributed by atoms with van der Waals surface area (Å²) in [5, 5.41) is 12.0. The second-order valence-electron chi connectivity index (χ2n) is 8.37. The van der Waals surface area contributed by atoms with Gasteiger partial charge in [-0.3, -0.25) is 4.79 Å². The lowest BCUT2D eigenvalue weighted by Gasteiger charge is -2.56. The minimum atomic E-state index is -0.461. The quantitative estimate of drug-likeness (QED) is 0.855. The van der Waals surface area contributed by atoms with Crippen LogP contribution in [0.3, 0.4) is 0 Å². The summed E-state index contributed by atoms with van der Waals surface area (Å²) in [6.07, 6.45) is 8.77. The van der Waals surface area contributed by atoms with Crippen LogP contribution in [0.25, 0.3) is 0 Å². The maximum absolute atomic E-state index is 12.3. The van der Waals surface area contributed by atoms with Crippen molar-refractivity contribution in [2.24, 2.45) is 28.6 Å². The maximum atomic E-state index is 12.3. The van der Waals surface area contributed by atoms with Crippen LogP contribution in [0.4, 0.5) is 0 Å². The normalized spacial score (nSPS) is 38.5. The van der Waals surface area contributed by atoms with Crippen LogP contribution in [0, 0.1) is 39.9 Å². The van der Waals surface area contributed by atoms with Crippen molar-refractivity contribution in [3.05, 3.63) is 0 Å². The Morgan fingerprint density at radius 3 is 2.15 bits per heavy atom. The zero-order valence-electron chi connectivity index (χ0n) is 12.7. The van der Waals surface area contributed by atoms with Crippen LogP contribution in [0.2, 0.25) is 0 Å². The number of hydrogen-bond acceptors (Lipinski definition) is 2. The molecule has 4 rings (SSSR count). The fraction of sp³-hybridized carbons (Fsp3) is 0.882. The van der Waals surface area contributed by atoms with Crippen molar-refractivity contribution in [2.45, 2.75) is 58.8 Å². The molecule has 0 aliphatic heterocycles. The average Bonchev–Trinajstić information content (AvgIpc) is 2.34. The first-order valence-corrected chi connectivity index (χ1v) is 8.08. The summed E-state index contributed by atoms with van der Waals surface area (Å²) >= 11 is 0. The zero-order chi connectivity index (χ0) is 14.4. The van der Waals surface area contributed by atoms with Crippen LogP contribution in [-0.2, 0) is 4.79 Å². The predicted octanol–water partition coefficient (Wildman–Crippen LogP) is 3.26. The van der Waals surface area contributed by atoms with E-state index in [-0.39, 0.29) is 5.91 Å². The molecule has 0 unspecified atom stereocenters. The van der Waals surface area contributed by atoms with Gasteiger partial charge in [-0.15, -0.1) is 0 Å². The highest BCUT2D eigenvalue weighted by Gasteiger charge is 2.51. The molecule has 1 amide bonds. The van der Waals surface area contributed by atoms with Crippen molar-refractivity contribution < 1.29 is 4.79 Å². The third-order valence-corrected chi connectivity index (χ3v) is 5.73. The number of hydrogen-bond donors (Lipinski definition) is 1. The summed E-state index contributed by atoms with van der Waals surface area (Å²) in [7, 11) is 0. The van der Waals surface area contributed by atoms with Crippen molar-refractivity contribution in [3.8, 4) is 6.07 Å². The van der Waals surface area contributed by atoms with E-state index >= 15 is 0 Å². The molecule has 4 aliphatic rings. The molecule has 0 heterocycles. The highest BCUT2D eigenvalue weighted by atomic mass is 16.1. The molecule has 0 aromatic rings. The van der Waals surface area contributed by atoms with Crippen LogP contribution in [0.15, 0.2) is 0 Å². The summed E-state index contributed by atoms with van der Waals surface area (Å²) in [4.78, 5) is 12.3.